The molecule has 0 aliphatic carbocycles. The van der Waals surface area contributed by atoms with E-state index in [0.29, 0.717) is 6.54 Å². The van der Waals surface area contributed by atoms with Crippen LogP contribution < -0.4 is 14.8 Å². The first-order chi connectivity index (χ1) is 14.1. The highest BCUT2D eigenvalue weighted by molar-refractivity contribution is 5.80. The molecule has 1 aliphatic heterocycles. The Kier molecular flexibility index (Phi) is 6.95. The molecule has 0 saturated heterocycles. The van der Waals surface area contributed by atoms with Gasteiger partial charge in [0.1, 0.15) is 12.4 Å². The lowest BCUT2D eigenvalue weighted by atomic mass is 9.99. The van der Waals surface area contributed by atoms with E-state index < -0.39 is 0 Å². The van der Waals surface area contributed by atoms with E-state index in [9.17, 15) is 0 Å². The van der Waals surface area contributed by atoms with E-state index >= 15 is 0 Å². The molecule has 1 N–H and O–H groups in total. The number of benzene rings is 1. The highest BCUT2D eigenvalue weighted by Crippen LogP contribution is 2.33. The lowest BCUT2D eigenvalue weighted by Gasteiger charge is -2.32. The predicted octanol–water partition coefficient (Wildman–Crippen LogP) is 2.44. The normalized spacial score (nSPS) is 14.0. The highest BCUT2D eigenvalue weighted by Gasteiger charge is 2.22. The maximum Gasteiger partial charge on any atom is 0.194 e. The first-order valence-corrected chi connectivity index (χ1v) is 10.2. The van der Waals surface area contributed by atoms with Gasteiger partial charge in [-0.25, -0.2) is 4.99 Å². The van der Waals surface area contributed by atoms with E-state index in [1.807, 2.05) is 18.5 Å². The third kappa shape index (κ3) is 4.81. The van der Waals surface area contributed by atoms with Gasteiger partial charge >= 0.3 is 0 Å². The molecule has 1 aromatic heterocycles. The predicted molar refractivity (Wildman–Crippen MR) is 113 cm³/mol. The lowest BCUT2D eigenvalue weighted by Crippen LogP contribution is -2.44. The molecule has 2 aromatic rings. The molecule has 8 heteroatoms. The summed E-state index contributed by atoms with van der Waals surface area (Å²) >= 11 is 0. The van der Waals surface area contributed by atoms with Crippen molar-refractivity contribution < 1.29 is 9.47 Å². The fourth-order valence-corrected chi connectivity index (χ4v) is 3.44. The van der Waals surface area contributed by atoms with Gasteiger partial charge in [0.05, 0.1) is 14.2 Å². The van der Waals surface area contributed by atoms with Gasteiger partial charge in [-0.05, 0) is 43.0 Å². The summed E-state index contributed by atoms with van der Waals surface area (Å²) in [6.07, 6.45) is 3.19. The fourth-order valence-electron chi connectivity index (χ4n) is 3.44. The molecule has 0 fully saturated rings. The third-order valence-electron chi connectivity index (χ3n) is 5.38. The molecule has 1 aliphatic rings. The van der Waals surface area contributed by atoms with Crippen LogP contribution >= 0.6 is 0 Å². The summed E-state index contributed by atoms with van der Waals surface area (Å²) in [5.74, 6) is 4.22. The topological polar surface area (TPSA) is 76.8 Å². The fraction of sp³-hybridized carbons (Fsp3) is 0.571. The SMILES string of the molecule is CCCCNC(=NCc1nnc(C)n1C)N1CCc2cc(OC)c(OC)cc2C1. The van der Waals surface area contributed by atoms with Gasteiger partial charge in [0.15, 0.2) is 23.3 Å². The van der Waals surface area contributed by atoms with E-state index in [2.05, 4.69) is 39.5 Å². The largest absolute Gasteiger partial charge is 0.493 e. The van der Waals surface area contributed by atoms with E-state index in [-0.39, 0.29) is 0 Å². The number of unbranched alkanes of at least 4 members (excludes halogenated alkanes) is 1. The maximum absolute atomic E-state index is 5.49. The Morgan fingerprint density at radius 1 is 1.17 bits per heavy atom. The van der Waals surface area contributed by atoms with Crippen molar-refractivity contribution in [2.24, 2.45) is 12.0 Å². The summed E-state index contributed by atoms with van der Waals surface area (Å²) in [6, 6.07) is 4.17. The molecular weight excluding hydrogens is 368 g/mol. The van der Waals surface area contributed by atoms with Crippen LogP contribution in [0.1, 0.15) is 42.5 Å². The number of rotatable bonds is 7. The molecule has 0 radical (unpaired) electrons. The lowest BCUT2D eigenvalue weighted by molar-refractivity contribution is 0.345. The van der Waals surface area contributed by atoms with E-state index in [4.69, 9.17) is 14.5 Å². The van der Waals surface area contributed by atoms with E-state index in [1.54, 1.807) is 14.2 Å². The maximum atomic E-state index is 5.49. The van der Waals surface area contributed by atoms with Gasteiger partial charge in [0.2, 0.25) is 0 Å². The Bertz CT molecular complexity index is 861. The summed E-state index contributed by atoms with van der Waals surface area (Å²) in [5, 5.41) is 11.9. The Hall–Kier alpha value is -2.77. The molecular formula is C21H32N6O2. The van der Waals surface area contributed by atoms with Gasteiger partial charge in [0.25, 0.3) is 0 Å². The zero-order valence-corrected chi connectivity index (χ0v) is 18.2. The number of aromatic nitrogens is 3. The van der Waals surface area contributed by atoms with Crippen LogP contribution in [0.2, 0.25) is 0 Å². The number of guanidine groups is 1. The summed E-state index contributed by atoms with van der Waals surface area (Å²) in [7, 11) is 5.32. The van der Waals surface area contributed by atoms with Crippen molar-refractivity contribution >= 4 is 5.96 Å². The average molecular weight is 401 g/mol. The summed E-state index contributed by atoms with van der Waals surface area (Å²) < 4.78 is 12.9. The number of nitrogens with zero attached hydrogens (tertiary/aromatic N) is 5. The second kappa shape index (κ2) is 9.62. The number of nitrogens with one attached hydrogen (secondary N) is 1. The van der Waals surface area contributed by atoms with Crippen molar-refractivity contribution in [3.05, 3.63) is 34.9 Å². The van der Waals surface area contributed by atoms with Crippen LogP contribution in [-0.2, 0) is 26.6 Å². The molecule has 2 heterocycles. The quantitative estimate of drug-likeness (QED) is 0.437. The average Bonchev–Trinajstić information content (AvgIpc) is 3.06. The Balaban J connectivity index is 1.81. The summed E-state index contributed by atoms with van der Waals surface area (Å²) in [6.45, 7) is 7.23. The summed E-state index contributed by atoms with van der Waals surface area (Å²) in [4.78, 5) is 7.16. The zero-order valence-electron chi connectivity index (χ0n) is 18.2. The van der Waals surface area contributed by atoms with Crippen LogP contribution in [0.4, 0.5) is 0 Å². The van der Waals surface area contributed by atoms with E-state index in [1.165, 1.54) is 11.1 Å². The standard InChI is InChI=1S/C21H32N6O2/c1-6-7-9-22-21(23-13-20-25-24-15(2)26(20)3)27-10-8-16-11-18(28-4)19(29-5)12-17(16)14-27/h11-12H,6-10,13-14H2,1-5H3,(H,22,23). The second-order valence-electron chi connectivity index (χ2n) is 7.29. The number of aliphatic imine (C=N–C) groups is 1. The smallest absolute Gasteiger partial charge is 0.194 e. The molecule has 0 atom stereocenters. The van der Waals surface area contributed by atoms with Crippen LogP contribution in [-0.4, -0.2) is 52.9 Å². The first kappa shape index (κ1) is 21.0. The Labute approximate surface area is 172 Å². The monoisotopic (exact) mass is 400 g/mol. The van der Waals surface area contributed by atoms with Gasteiger partial charge in [-0.3, -0.25) is 0 Å². The molecule has 3 rings (SSSR count). The molecule has 158 valence electrons. The van der Waals surface area contributed by atoms with Gasteiger partial charge in [-0.2, -0.15) is 0 Å². The molecule has 8 nitrogen and oxygen atoms in total. The first-order valence-electron chi connectivity index (χ1n) is 10.2. The molecule has 0 spiro atoms. The number of hydrogen-bond acceptors (Lipinski definition) is 5. The number of fused-ring (bicyclic) bond motifs is 1. The number of ether oxygens (including phenoxy) is 2. The van der Waals surface area contributed by atoms with Crippen LogP contribution in [0.25, 0.3) is 0 Å². The van der Waals surface area contributed by atoms with Crippen LogP contribution in [0.3, 0.4) is 0 Å². The van der Waals surface area contributed by atoms with Gasteiger partial charge in [-0.1, -0.05) is 13.3 Å². The molecule has 29 heavy (non-hydrogen) atoms. The van der Waals surface area contributed by atoms with Gasteiger partial charge < -0.3 is 24.3 Å². The van der Waals surface area contributed by atoms with Crippen molar-refractivity contribution in [3.8, 4) is 11.5 Å². The second-order valence-corrected chi connectivity index (χ2v) is 7.29. The van der Waals surface area contributed by atoms with Gasteiger partial charge in [0, 0.05) is 26.7 Å². The minimum absolute atomic E-state index is 0.501. The Morgan fingerprint density at radius 3 is 2.52 bits per heavy atom. The van der Waals surface area contributed by atoms with Crippen molar-refractivity contribution in [3.63, 3.8) is 0 Å². The van der Waals surface area contributed by atoms with Crippen molar-refractivity contribution in [1.82, 2.24) is 25.0 Å². The van der Waals surface area contributed by atoms with Crippen molar-refractivity contribution in [1.29, 1.82) is 0 Å². The number of aryl methyl sites for hydroxylation is 1. The molecule has 1 aromatic carbocycles. The van der Waals surface area contributed by atoms with E-state index in [0.717, 1.165) is 68.0 Å². The minimum Gasteiger partial charge on any atom is -0.493 e. The highest BCUT2D eigenvalue weighted by atomic mass is 16.5. The van der Waals surface area contributed by atoms with Gasteiger partial charge in [-0.15, -0.1) is 10.2 Å². The summed E-state index contributed by atoms with van der Waals surface area (Å²) in [5.41, 5.74) is 2.55. The van der Waals surface area contributed by atoms with Crippen LogP contribution in [0.5, 0.6) is 11.5 Å². The third-order valence-corrected chi connectivity index (χ3v) is 5.38. The minimum atomic E-state index is 0.501. The zero-order chi connectivity index (χ0) is 20.8. The molecule has 0 unspecified atom stereocenters. The van der Waals surface area contributed by atoms with Crippen molar-refractivity contribution in [2.45, 2.75) is 46.2 Å². The van der Waals surface area contributed by atoms with Crippen LogP contribution in [0.15, 0.2) is 17.1 Å². The van der Waals surface area contributed by atoms with Crippen LogP contribution in [0, 0.1) is 6.92 Å². The number of hydrogen-bond donors (Lipinski definition) is 1. The number of methoxy groups -OCH3 is 2. The molecule has 0 saturated carbocycles. The molecule has 0 bridgehead atoms. The Morgan fingerprint density at radius 2 is 1.90 bits per heavy atom. The van der Waals surface area contributed by atoms with Crippen molar-refractivity contribution in [2.75, 3.05) is 27.3 Å². The molecule has 0 amide bonds.